The third-order valence-corrected chi connectivity index (χ3v) is 4.92. The van der Waals surface area contributed by atoms with Crippen LogP contribution in [-0.2, 0) is 5.33 Å². The lowest BCUT2D eigenvalue weighted by Crippen LogP contribution is -1.85. The topological polar surface area (TPSA) is 20.2 Å². The zero-order chi connectivity index (χ0) is 8.43. The van der Waals surface area contributed by atoms with Crippen molar-refractivity contribution in [2.45, 2.75) is 5.33 Å². The average molecular weight is 439 g/mol. The Labute approximate surface area is 101 Å². The van der Waals surface area contributed by atoms with Crippen molar-refractivity contribution >= 4 is 61.1 Å². The molecule has 60 valence electrons. The second-order valence-corrected chi connectivity index (χ2v) is 4.80. The minimum absolute atomic E-state index is 0.398. The minimum atomic E-state index is 0.398. The van der Waals surface area contributed by atoms with E-state index < -0.39 is 0 Å². The van der Waals surface area contributed by atoms with Crippen molar-refractivity contribution in [3.05, 3.63) is 24.8 Å². The molecule has 0 spiro atoms. The molecule has 0 aromatic heterocycles. The third kappa shape index (κ3) is 2.21. The second kappa shape index (κ2) is 4.27. The Balaban J connectivity index is 3.25. The Kier molecular flexibility index (Phi) is 3.90. The van der Waals surface area contributed by atoms with Crippen LogP contribution < -0.4 is 0 Å². The van der Waals surface area contributed by atoms with Gasteiger partial charge in [0.1, 0.15) is 5.75 Å². The number of phenolic OH excluding ortho intramolecular Hbond substituents is 1. The molecule has 1 aromatic carbocycles. The molecule has 0 saturated carbocycles. The first-order valence-corrected chi connectivity index (χ1v) is 6.16. The van der Waals surface area contributed by atoms with E-state index in [0.717, 1.165) is 12.7 Å². The number of halogens is 3. The van der Waals surface area contributed by atoms with Crippen molar-refractivity contribution in [3.8, 4) is 5.75 Å². The van der Waals surface area contributed by atoms with Gasteiger partial charge in [-0.1, -0.05) is 22.0 Å². The quantitative estimate of drug-likeness (QED) is 0.525. The molecule has 1 aromatic rings. The summed E-state index contributed by atoms with van der Waals surface area (Å²) in [6.45, 7) is 0. The summed E-state index contributed by atoms with van der Waals surface area (Å²) in [6.07, 6.45) is 0. The highest BCUT2D eigenvalue weighted by molar-refractivity contribution is 14.1. The van der Waals surface area contributed by atoms with Crippen LogP contribution in [0.4, 0.5) is 0 Å². The molecule has 0 aliphatic rings. The zero-order valence-electron chi connectivity index (χ0n) is 5.44. The van der Waals surface area contributed by atoms with Crippen LogP contribution >= 0.6 is 61.1 Å². The SMILES string of the molecule is Oc1c(CBr)ccc(I)c1I. The first kappa shape index (κ1) is 10.0. The van der Waals surface area contributed by atoms with Crippen LogP contribution in [0.3, 0.4) is 0 Å². The van der Waals surface area contributed by atoms with Crippen LogP contribution in [0.5, 0.6) is 5.75 Å². The van der Waals surface area contributed by atoms with Gasteiger partial charge in [0.15, 0.2) is 0 Å². The Morgan fingerprint density at radius 1 is 1.36 bits per heavy atom. The van der Waals surface area contributed by atoms with Crippen LogP contribution in [0.25, 0.3) is 0 Å². The highest BCUT2D eigenvalue weighted by Gasteiger charge is 2.06. The lowest BCUT2D eigenvalue weighted by molar-refractivity contribution is 0.466. The van der Waals surface area contributed by atoms with Crippen LogP contribution in [-0.4, -0.2) is 5.11 Å². The van der Waals surface area contributed by atoms with Crippen LogP contribution in [0.2, 0.25) is 0 Å². The number of hydrogen-bond donors (Lipinski definition) is 1. The first-order valence-electron chi connectivity index (χ1n) is 2.88. The maximum Gasteiger partial charge on any atom is 0.134 e. The molecule has 1 N–H and O–H groups in total. The summed E-state index contributed by atoms with van der Waals surface area (Å²) < 4.78 is 2.02. The fourth-order valence-corrected chi connectivity index (χ4v) is 2.10. The fourth-order valence-electron chi connectivity index (χ4n) is 0.688. The van der Waals surface area contributed by atoms with Gasteiger partial charge in [-0.05, 0) is 51.2 Å². The van der Waals surface area contributed by atoms with E-state index in [9.17, 15) is 5.11 Å². The van der Waals surface area contributed by atoms with Crippen molar-refractivity contribution in [1.29, 1.82) is 0 Å². The lowest BCUT2D eigenvalue weighted by atomic mass is 10.2. The van der Waals surface area contributed by atoms with Crippen molar-refractivity contribution in [2.75, 3.05) is 0 Å². The minimum Gasteiger partial charge on any atom is -0.506 e. The van der Waals surface area contributed by atoms with Gasteiger partial charge in [-0.25, -0.2) is 0 Å². The molecule has 11 heavy (non-hydrogen) atoms. The van der Waals surface area contributed by atoms with Crippen LogP contribution in [0.1, 0.15) is 5.56 Å². The van der Waals surface area contributed by atoms with Gasteiger partial charge in [-0.2, -0.15) is 0 Å². The Morgan fingerprint density at radius 3 is 2.55 bits per heavy atom. The van der Waals surface area contributed by atoms with Crippen molar-refractivity contribution in [2.24, 2.45) is 0 Å². The van der Waals surface area contributed by atoms with Gasteiger partial charge >= 0.3 is 0 Å². The van der Waals surface area contributed by atoms with E-state index in [1.165, 1.54) is 0 Å². The molecule has 1 nitrogen and oxygen atoms in total. The predicted molar refractivity (Wildman–Crippen MR) is 66.2 cm³/mol. The number of hydrogen-bond acceptors (Lipinski definition) is 1. The van der Waals surface area contributed by atoms with Crippen molar-refractivity contribution in [1.82, 2.24) is 0 Å². The predicted octanol–water partition coefficient (Wildman–Crippen LogP) is 3.50. The molecule has 0 heterocycles. The molecule has 0 amide bonds. The molecule has 0 atom stereocenters. The van der Waals surface area contributed by atoms with Gasteiger partial charge in [0, 0.05) is 14.5 Å². The molecular formula is C7H5BrI2O. The third-order valence-electron chi connectivity index (χ3n) is 1.30. The highest BCUT2D eigenvalue weighted by atomic mass is 127. The molecule has 4 heteroatoms. The van der Waals surface area contributed by atoms with Crippen molar-refractivity contribution < 1.29 is 5.11 Å². The van der Waals surface area contributed by atoms with E-state index in [1.54, 1.807) is 0 Å². The average Bonchev–Trinajstić information content (AvgIpc) is 2.01. The van der Waals surface area contributed by atoms with Gasteiger partial charge in [0.05, 0.1) is 3.57 Å². The van der Waals surface area contributed by atoms with Gasteiger partial charge in [-0.3, -0.25) is 0 Å². The number of benzene rings is 1. The molecule has 0 fully saturated rings. The Hall–Kier alpha value is 0.960. The number of aromatic hydroxyl groups is 1. The molecule has 1 rings (SSSR count). The monoisotopic (exact) mass is 438 g/mol. The normalized spacial score (nSPS) is 10.1. The smallest absolute Gasteiger partial charge is 0.134 e. The van der Waals surface area contributed by atoms with Crippen LogP contribution in [0, 0.1) is 7.14 Å². The van der Waals surface area contributed by atoms with E-state index >= 15 is 0 Å². The summed E-state index contributed by atoms with van der Waals surface area (Å²) in [4.78, 5) is 0. The summed E-state index contributed by atoms with van der Waals surface area (Å²) >= 11 is 7.64. The van der Waals surface area contributed by atoms with Gasteiger partial charge in [-0.15, -0.1) is 0 Å². The maximum atomic E-state index is 9.54. The molecule has 0 aliphatic carbocycles. The molecule has 0 radical (unpaired) electrons. The summed E-state index contributed by atoms with van der Waals surface area (Å²) in [7, 11) is 0. The van der Waals surface area contributed by atoms with Crippen LogP contribution in [0.15, 0.2) is 12.1 Å². The molecule has 0 bridgehead atoms. The van der Waals surface area contributed by atoms with E-state index in [0.29, 0.717) is 11.1 Å². The van der Waals surface area contributed by atoms with E-state index in [4.69, 9.17) is 0 Å². The lowest BCUT2D eigenvalue weighted by Gasteiger charge is -2.03. The van der Waals surface area contributed by atoms with Gasteiger partial charge < -0.3 is 5.11 Å². The van der Waals surface area contributed by atoms with Crippen molar-refractivity contribution in [3.63, 3.8) is 0 Å². The Bertz CT molecular complexity index is 275. The van der Waals surface area contributed by atoms with Gasteiger partial charge in [0.2, 0.25) is 0 Å². The molecule has 0 saturated heterocycles. The molecular weight excluding hydrogens is 434 g/mol. The molecule has 0 unspecified atom stereocenters. The summed E-state index contributed by atoms with van der Waals surface area (Å²) in [6, 6.07) is 3.92. The number of alkyl halides is 1. The molecule has 0 aliphatic heterocycles. The zero-order valence-corrected chi connectivity index (χ0v) is 11.3. The largest absolute Gasteiger partial charge is 0.506 e. The fraction of sp³-hybridized carbons (Fsp3) is 0.143. The standard InChI is InChI=1S/C7H5BrI2O/c8-3-4-1-2-5(9)6(10)7(4)11/h1-2,11H,3H2. The summed E-state index contributed by atoms with van der Waals surface area (Å²) in [5.74, 6) is 0.398. The second-order valence-electron chi connectivity index (χ2n) is 2.00. The van der Waals surface area contributed by atoms with E-state index in [2.05, 4.69) is 61.1 Å². The first-order chi connectivity index (χ1) is 5.16. The highest BCUT2D eigenvalue weighted by Crippen LogP contribution is 2.29. The maximum absolute atomic E-state index is 9.54. The number of phenols is 1. The van der Waals surface area contributed by atoms with Gasteiger partial charge in [0.25, 0.3) is 0 Å². The summed E-state index contributed by atoms with van der Waals surface area (Å²) in [5, 5.41) is 10.2. The van der Waals surface area contributed by atoms with E-state index in [-0.39, 0.29) is 0 Å². The summed E-state index contributed by atoms with van der Waals surface area (Å²) in [5.41, 5.74) is 0.940. The number of rotatable bonds is 1. The van der Waals surface area contributed by atoms with E-state index in [1.807, 2.05) is 12.1 Å². The Morgan fingerprint density at radius 2 is 2.00 bits per heavy atom.